The number of rotatable bonds is 13. The molecule has 0 radical (unpaired) electrons. The molecule has 1 N–H and O–H groups in total. The molecule has 0 spiro atoms. The summed E-state index contributed by atoms with van der Waals surface area (Å²) in [7, 11) is 0. The van der Waals surface area contributed by atoms with Crippen molar-refractivity contribution in [3.8, 4) is 5.75 Å². The van der Waals surface area contributed by atoms with Gasteiger partial charge in [0, 0.05) is 5.56 Å². The van der Waals surface area contributed by atoms with Gasteiger partial charge in [0.05, 0.1) is 19.1 Å². The Hall–Kier alpha value is -2.56. The molecule has 5 nitrogen and oxygen atoms in total. The number of benzene rings is 1. The number of hydrogen-bond acceptors (Lipinski definition) is 4. The van der Waals surface area contributed by atoms with Gasteiger partial charge in [0.1, 0.15) is 11.5 Å². The molecule has 0 aliphatic carbocycles. The largest absolute Gasteiger partial charge is 0.494 e. The fraction of sp³-hybridized carbons (Fsp3) is 0.455. The molecule has 1 aromatic carbocycles. The van der Waals surface area contributed by atoms with Gasteiger partial charge in [-0.25, -0.2) is 5.43 Å². The van der Waals surface area contributed by atoms with Crippen molar-refractivity contribution in [3.05, 3.63) is 54.0 Å². The summed E-state index contributed by atoms with van der Waals surface area (Å²) in [6.07, 6.45) is 13.3. The second-order valence-corrected chi connectivity index (χ2v) is 6.56. The molecule has 1 amide bonds. The molecule has 27 heavy (non-hydrogen) atoms. The third kappa shape index (κ3) is 8.58. The van der Waals surface area contributed by atoms with Crippen LogP contribution in [0.5, 0.6) is 5.75 Å². The van der Waals surface area contributed by atoms with E-state index in [9.17, 15) is 4.79 Å². The molecular formula is C22H30N2O3. The highest BCUT2D eigenvalue weighted by atomic mass is 16.5. The summed E-state index contributed by atoms with van der Waals surface area (Å²) in [4.78, 5) is 12.0. The molecule has 0 atom stereocenters. The summed E-state index contributed by atoms with van der Waals surface area (Å²) in [5, 5.41) is 3.86. The molecule has 146 valence electrons. The smallest absolute Gasteiger partial charge is 0.271 e. The van der Waals surface area contributed by atoms with Gasteiger partial charge in [-0.15, -0.1) is 0 Å². The van der Waals surface area contributed by atoms with Crippen LogP contribution < -0.4 is 10.2 Å². The average Bonchev–Trinajstić information content (AvgIpc) is 3.20. The molecule has 0 aliphatic rings. The van der Waals surface area contributed by atoms with Crippen LogP contribution in [-0.4, -0.2) is 18.7 Å². The molecule has 2 aromatic rings. The number of ether oxygens (including phenoxy) is 1. The first-order valence-corrected chi connectivity index (χ1v) is 9.89. The number of hydrogen-bond donors (Lipinski definition) is 1. The Balaban J connectivity index is 1.59. The topological polar surface area (TPSA) is 63.8 Å². The van der Waals surface area contributed by atoms with Gasteiger partial charge < -0.3 is 9.15 Å². The highest BCUT2D eigenvalue weighted by molar-refractivity contribution is 5.94. The molecule has 1 aromatic heterocycles. The Morgan fingerprint density at radius 3 is 2.41 bits per heavy atom. The number of hydrazone groups is 1. The zero-order valence-corrected chi connectivity index (χ0v) is 16.2. The van der Waals surface area contributed by atoms with Crippen LogP contribution in [-0.2, 0) is 0 Å². The van der Waals surface area contributed by atoms with Crippen molar-refractivity contribution in [2.75, 3.05) is 6.61 Å². The predicted molar refractivity (Wildman–Crippen MR) is 108 cm³/mol. The third-order valence-electron chi connectivity index (χ3n) is 4.28. The highest BCUT2D eigenvalue weighted by Gasteiger charge is 2.04. The summed E-state index contributed by atoms with van der Waals surface area (Å²) in [5.74, 6) is 1.10. The lowest BCUT2D eigenvalue weighted by atomic mass is 10.1. The number of unbranched alkanes of at least 4 members (excludes halogenated alkanes) is 7. The van der Waals surface area contributed by atoms with Crippen LogP contribution in [0.15, 0.2) is 52.2 Å². The summed E-state index contributed by atoms with van der Waals surface area (Å²) >= 11 is 0. The van der Waals surface area contributed by atoms with Crippen LogP contribution in [0.1, 0.15) is 74.4 Å². The molecule has 0 bridgehead atoms. The van der Waals surface area contributed by atoms with Gasteiger partial charge in [-0.1, -0.05) is 51.9 Å². The first kappa shape index (κ1) is 20.7. The zero-order chi connectivity index (χ0) is 19.2. The van der Waals surface area contributed by atoms with Crippen molar-refractivity contribution < 1.29 is 13.9 Å². The standard InChI is InChI=1S/C22H30N2O3/c1-2-3-4-5-6-7-8-9-16-26-20-14-12-19(13-15-20)22(25)24-23-18-21-11-10-17-27-21/h10-15,17-18H,2-9,16H2,1H3,(H,24,25)/b23-18-. The van der Waals surface area contributed by atoms with Crippen molar-refractivity contribution in [2.24, 2.45) is 5.10 Å². The van der Waals surface area contributed by atoms with Gasteiger partial charge in [-0.2, -0.15) is 5.10 Å². The lowest BCUT2D eigenvalue weighted by Crippen LogP contribution is -2.17. The molecule has 0 saturated heterocycles. The summed E-state index contributed by atoms with van der Waals surface area (Å²) in [6, 6.07) is 10.6. The Bertz CT molecular complexity index is 663. The molecule has 0 aliphatic heterocycles. The molecule has 0 saturated carbocycles. The maximum Gasteiger partial charge on any atom is 0.271 e. The van der Waals surface area contributed by atoms with E-state index in [1.165, 1.54) is 51.2 Å². The molecule has 0 unspecified atom stereocenters. The zero-order valence-electron chi connectivity index (χ0n) is 16.2. The average molecular weight is 370 g/mol. The van der Waals surface area contributed by atoms with Gasteiger partial charge >= 0.3 is 0 Å². The molecule has 1 heterocycles. The lowest BCUT2D eigenvalue weighted by molar-refractivity contribution is 0.0955. The number of furan rings is 1. The van der Waals surface area contributed by atoms with Crippen LogP contribution >= 0.6 is 0 Å². The molecule has 2 rings (SSSR count). The third-order valence-corrected chi connectivity index (χ3v) is 4.28. The van der Waals surface area contributed by atoms with Crippen molar-refractivity contribution >= 4 is 12.1 Å². The fourth-order valence-corrected chi connectivity index (χ4v) is 2.71. The van der Waals surface area contributed by atoms with Crippen molar-refractivity contribution in [3.63, 3.8) is 0 Å². The maximum absolute atomic E-state index is 12.0. The SMILES string of the molecule is CCCCCCCCCCOc1ccc(C(=O)N/N=C\c2ccco2)cc1. The van der Waals surface area contributed by atoms with E-state index in [2.05, 4.69) is 17.5 Å². The van der Waals surface area contributed by atoms with E-state index in [1.807, 2.05) is 12.1 Å². The summed E-state index contributed by atoms with van der Waals surface area (Å²) < 4.78 is 10.8. The Kier molecular flexibility index (Phi) is 9.79. The number of carbonyl (C=O) groups is 1. The first-order valence-electron chi connectivity index (χ1n) is 9.89. The van der Waals surface area contributed by atoms with Crippen LogP contribution in [0.25, 0.3) is 0 Å². The Labute approximate surface area is 161 Å². The van der Waals surface area contributed by atoms with Crippen LogP contribution in [0.3, 0.4) is 0 Å². The lowest BCUT2D eigenvalue weighted by Gasteiger charge is -2.07. The fourth-order valence-electron chi connectivity index (χ4n) is 2.71. The minimum atomic E-state index is -0.271. The van der Waals surface area contributed by atoms with E-state index in [0.717, 1.165) is 12.2 Å². The van der Waals surface area contributed by atoms with E-state index in [0.29, 0.717) is 17.9 Å². The number of carbonyl (C=O) groups excluding carboxylic acids is 1. The Morgan fingerprint density at radius 1 is 1.04 bits per heavy atom. The van der Waals surface area contributed by atoms with Gasteiger partial charge in [0.15, 0.2) is 0 Å². The van der Waals surface area contributed by atoms with E-state index in [1.54, 1.807) is 30.5 Å². The van der Waals surface area contributed by atoms with Crippen molar-refractivity contribution in [1.82, 2.24) is 5.43 Å². The van der Waals surface area contributed by atoms with Crippen LogP contribution in [0.2, 0.25) is 0 Å². The normalized spacial score (nSPS) is 11.0. The maximum atomic E-state index is 12.0. The summed E-state index contributed by atoms with van der Waals surface area (Å²) in [5.41, 5.74) is 3.00. The van der Waals surface area contributed by atoms with E-state index in [4.69, 9.17) is 9.15 Å². The van der Waals surface area contributed by atoms with Gasteiger partial charge in [-0.05, 0) is 42.8 Å². The van der Waals surface area contributed by atoms with Gasteiger partial charge in [0.25, 0.3) is 5.91 Å². The van der Waals surface area contributed by atoms with Crippen LogP contribution in [0.4, 0.5) is 0 Å². The number of amides is 1. The van der Waals surface area contributed by atoms with E-state index < -0.39 is 0 Å². The highest BCUT2D eigenvalue weighted by Crippen LogP contribution is 2.14. The van der Waals surface area contributed by atoms with E-state index >= 15 is 0 Å². The monoisotopic (exact) mass is 370 g/mol. The second-order valence-electron chi connectivity index (χ2n) is 6.56. The number of nitrogens with one attached hydrogen (secondary N) is 1. The molecule has 0 fully saturated rings. The quantitative estimate of drug-likeness (QED) is 0.285. The van der Waals surface area contributed by atoms with Crippen LogP contribution in [0, 0.1) is 0 Å². The van der Waals surface area contributed by atoms with Crippen molar-refractivity contribution in [2.45, 2.75) is 58.3 Å². The molecular weight excluding hydrogens is 340 g/mol. The van der Waals surface area contributed by atoms with Crippen molar-refractivity contribution in [1.29, 1.82) is 0 Å². The van der Waals surface area contributed by atoms with Gasteiger partial charge in [-0.3, -0.25) is 4.79 Å². The first-order chi connectivity index (χ1) is 13.3. The summed E-state index contributed by atoms with van der Waals surface area (Å²) in [6.45, 7) is 2.96. The molecule has 5 heteroatoms. The second kappa shape index (κ2) is 12.7. The predicted octanol–water partition coefficient (Wildman–Crippen LogP) is 5.56. The minimum Gasteiger partial charge on any atom is -0.494 e. The number of nitrogens with zero attached hydrogens (tertiary/aromatic N) is 1. The minimum absolute atomic E-state index is 0.271. The Morgan fingerprint density at radius 2 is 1.74 bits per heavy atom. The van der Waals surface area contributed by atoms with E-state index in [-0.39, 0.29) is 5.91 Å². The van der Waals surface area contributed by atoms with Gasteiger partial charge in [0.2, 0.25) is 0 Å².